The van der Waals surface area contributed by atoms with Gasteiger partial charge in [0.15, 0.2) is 0 Å². The van der Waals surface area contributed by atoms with Crippen LogP contribution in [0.15, 0.2) is 17.1 Å². The first-order valence-corrected chi connectivity index (χ1v) is 6.39. The van der Waals surface area contributed by atoms with Gasteiger partial charge in [-0.15, -0.1) is 0 Å². The van der Waals surface area contributed by atoms with Gasteiger partial charge in [0.2, 0.25) is 5.95 Å². The number of aryl methyl sites for hydroxylation is 1. The number of H-pyrrole nitrogens is 1. The number of aromatic nitrogens is 4. The van der Waals surface area contributed by atoms with Gasteiger partial charge in [0.25, 0.3) is 5.56 Å². The lowest BCUT2D eigenvalue weighted by molar-refractivity contribution is 0.0525. The Morgan fingerprint density at radius 2 is 2.20 bits per heavy atom. The minimum atomic E-state index is -0.440. The molecule has 0 radical (unpaired) electrons. The van der Waals surface area contributed by atoms with Crippen LogP contribution in [0.4, 0.5) is 0 Å². The normalized spacial score (nSPS) is 10.6. The monoisotopic (exact) mass is 276 g/mol. The lowest BCUT2D eigenvalue weighted by Gasteiger charge is -2.05. The van der Waals surface area contributed by atoms with Crippen LogP contribution in [-0.4, -0.2) is 32.3 Å². The first-order valence-electron chi connectivity index (χ1n) is 6.39. The fraction of sp³-hybridized carbons (Fsp3) is 0.385. The molecule has 0 saturated heterocycles. The van der Waals surface area contributed by atoms with Crippen LogP contribution in [-0.2, 0) is 11.2 Å². The van der Waals surface area contributed by atoms with Crippen LogP contribution in [0, 0.1) is 6.92 Å². The molecule has 2 aromatic rings. The Morgan fingerprint density at radius 1 is 1.45 bits per heavy atom. The Kier molecular flexibility index (Phi) is 3.97. The van der Waals surface area contributed by atoms with E-state index in [0.29, 0.717) is 35.9 Å². The van der Waals surface area contributed by atoms with Crippen LogP contribution in [0.5, 0.6) is 0 Å². The van der Waals surface area contributed by atoms with Crippen molar-refractivity contribution in [3.05, 3.63) is 39.6 Å². The molecule has 0 spiro atoms. The number of rotatable bonds is 4. The number of esters is 1. The van der Waals surface area contributed by atoms with Crippen molar-refractivity contribution in [3.8, 4) is 5.95 Å². The Labute approximate surface area is 115 Å². The predicted molar refractivity (Wildman–Crippen MR) is 72.1 cm³/mol. The molecule has 20 heavy (non-hydrogen) atoms. The molecule has 7 heteroatoms. The number of hydrogen-bond acceptors (Lipinski definition) is 5. The summed E-state index contributed by atoms with van der Waals surface area (Å²) in [7, 11) is 0. The number of carbonyl (C=O) groups excluding carboxylic acids is 1. The Bertz CT molecular complexity index is 687. The van der Waals surface area contributed by atoms with Crippen LogP contribution in [0.2, 0.25) is 0 Å². The Balaban J connectivity index is 2.47. The van der Waals surface area contributed by atoms with E-state index in [-0.39, 0.29) is 5.56 Å². The van der Waals surface area contributed by atoms with Gasteiger partial charge in [-0.1, -0.05) is 6.92 Å². The zero-order chi connectivity index (χ0) is 14.7. The van der Waals surface area contributed by atoms with Crippen molar-refractivity contribution in [1.29, 1.82) is 0 Å². The van der Waals surface area contributed by atoms with E-state index in [9.17, 15) is 9.59 Å². The molecule has 0 amide bonds. The highest BCUT2D eigenvalue weighted by Crippen LogP contribution is 2.12. The van der Waals surface area contributed by atoms with Crippen molar-refractivity contribution in [2.75, 3.05) is 6.61 Å². The number of aromatic amines is 1. The third kappa shape index (κ3) is 2.61. The standard InChI is InChI=1S/C13H16N4O3/c1-4-9-6-11(18)16-13(15-9)17-8(3)10(7-14-17)12(19)20-5-2/h6-7H,4-5H2,1-3H3,(H,15,16,18). The molecule has 2 aromatic heterocycles. The molecule has 2 rings (SSSR count). The van der Waals surface area contributed by atoms with Gasteiger partial charge >= 0.3 is 5.97 Å². The van der Waals surface area contributed by atoms with Crippen molar-refractivity contribution in [1.82, 2.24) is 19.7 Å². The van der Waals surface area contributed by atoms with Crippen molar-refractivity contribution >= 4 is 5.97 Å². The van der Waals surface area contributed by atoms with Gasteiger partial charge in [0, 0.05) is 11.8 Å². The fourth-order valence-electron chi connectivity index (χ4n) is 1.81. The second-order valence-electron chi connectivity index (χ2n) is 4.19. The zero-order valence-corrected chi connectivity index (χ0v) is 11.6. The zero-order valence-electron chi connectivity index (χ0n) is 11.6. The van der Waals surface area contributed by atoms with Gasteiger partial charge in [-0.3, -0.25) is 9.78 Å². The molecule has 106 valence electrons. The van der Waals surface area contributed by atoms with Crippen molar-refractivity contribution in [3.63, 3.8) is 0 Å². The smallest absolute Gasteiger partial charge is 0.341 e. The summed E-state index contributed by atoms with van der Waals surface area (Å²) < 4.78 is 6.37. The minimum Gasteiger partial charge on any atom is -0.462 e. The van der Waals surface area contributed by atoms with E-state index in [0.717, 1.165) is 0 Å². The highest BCUT2D eigenvalue weighted by atomic mass is 16.5. The lowest BCUT2D eigenvalue weighted by Crippen LogP contribution is -2.16. The summed E-state index contributed by atoms with van der Waals surface area (Å²) in [6, 6.07) is 1.44. The maximum absolute atomic E-state index is 11.7. The molecule has 0 saturated carbocycles. The lowest BCUT2D eigenvalue weighted by atomic mass is 10.3. The maximum atomic E-state index is 11.7. The van der Waals surface area contributed by atoms with Crippen LogP contribution in [0.1, 0.15) is 35.6 Å². The topological polar surface area (TPSA) is 89.9 Å². The third-order valence-electron chi connectivity index (χ3n) is 2.85. The van der Waals surface area contributed by atoms with E-state index < -0.39 is 5.97 Å². The van der Waals surface area contributed by atoms with Gasteiger partial charge in [0.05, 0.1) is 18.5 Å². The number of hydrogen-bond donors (Lipinski definition) is 1. The predicted octanol–water partition coefficient (Wildman–Crippen LogP) is 1.00. The van der Waals surface area contributed by atoms with Gasteiger partial charge in [-0.2, -0.15) is 5.10 Å². The van der Waals surface area contributed by atoms with Crippen LogP contribution < -0.4 is 5.56 Å². The summed E-state index contributed by atoms with van der Waals surface area (Å²) in [5, 5.41) is 4.09. The Morgan fingerprint density at radius 3 is 2.85 bits per heavy atom. The molecule has 0 unspecified atom stereocenters. The molecular weight excluding hydrogens is 260 g/mol. The number of ether oxygens (including phenoxy) is 1. The second kappa shape index (κ2) is 5.68. The van der Waals surface area contributed by atoms with Gasteiger partial charge in [-0.05, 0) is 20.3 Å². The molecule has 7 nitrogen and oxygen atoms in total. The van der Waals surface area contributed by atoms with E-state index >= 15 is 0 Å². The van der Waals surface area contributed by atoms with Crippen molar-refractivity contribution in [2.45, 2.75) is 27.2 Å². The van der Waals surface area contributed by atoms with Crippen LogP contribution in [0.3, 0.4) is 0 Å². The van der Waals surface area contributed by atoms with E-state index in [1.165, 1.54) is 16.9 Å². The maximum Gasteiger partial charge on any atom is 0.341 e. The second-order valence-corrected chi connectivity index (χ2v) is 4.19. The average molecular weight is 276 g/mol. The molecule has 0 aromatic carbocycles. The summed E-state index contributed by atoms with van der Waals surface area (Å²) in [6.45, 7) is 5.66. The number of nitrogens with one attached hydrogen (secondary N) is 1. The quantitative estimate of drug-likeness (QED) is 0.841. The highest BCUT2D eigenvalue weighted by Gasteiger charge is 2.17. The van der Waals surface area contributed by atoms with Gasteiger partial charge < -0.3 is 4.74 Å². The summed E-state index contributed by atoms with van der Waals surface area (Å²) in [5.41, 5.74) is 1.34. The molecular formula is C13H16N4O3. The first-order chi connectivity index (χ1) is 9.56. The fourth-order valence-corrected chi connectivity index (χ4v) is 1.81. The van der Waals surface area contributed by atoms with E-state index in [1.54, 1.807) is 13.8 Å². The number of carbonyl (C=O) groups is 1. The first kappa shape index (κ1) is 14.0. The molecule has 0 aliphatic heterocycles. The van der Waals surface area contributed by atoms with Crippen molar-refractivity contribution in [2.24, 2.45) is 0 Å². The SMILES string of the molecule is CCOC(=O)c1cnn(-c2nc(CC)cc(=O)[nH]2)c1C. The largest absolute Gasteiger partial charge is 0.462 e. The summed E-state index contributed by atoms with van der Waals surface area (Å²) >= 11 is 0. The molecule has 0 fully saturated rings. The van der Waals surface area contributed by atoms with E-state index in [2.05, 4.69) is 15.1 Å². The highest BCUT2D eigenvalue weighted by molar-refractivity contribution is 5.90. The molecule has 0 atom stereocenters. The molecule has 0 aliphatic carbocycles. The minimum absolute atomic E-state index is 0.251. The molecule has 0 aliphatic rings. The summed E-state index contributed by atoms with van der Waals surface area (Å²) in [5.74, 6) is -0.146. The number of nitrogens with zero attached hydrogens (tertiary/aromatic N) is 3. The summed E-state index contributed by atoms with van der Waals surface area (Å²) in [4.78, 5) is 30.2. The summed E-state index contributed by atoms with van der Waals surface area (Å²) in [6.07, 6.45) is 2.05. The molecule has 1 N–H and O–H groups in total. The third-order valence-corrected chi connectivity index (χ3v) is 2.85. The average Bonchev–Trinajstić information content (AvgIpc) is 2.80. The molecule has 0 bridgehead atoms. The van der Waals surface area contributed by atoms with Crippen LogP contribution >= 0.6 is 0 Å². The van der Waals surface area contributed by atoms with E-state index in [4.69, 9.17) is 4.74 Å². The van der Waals surface area contributed by atoms with Gasteiger partial charge in [0.1, 0.15) is 5.56 Å². The van der Waals surface area contributed by atoms with Gasteiger partial charge in [-0.25, -0.2) is 14.5 Å². The van der Waals surface area contributed by atoms with E-state index in [1.807, 2.05) is 6.92 Å². The van der Waals surface area contributed by atoms with Crippen LogP contribution in [0.25, 0.3) is 5.95 Å². The van der Waals surface area contributed by atoms with Crippen molar-refractivity contribution < 1.29 is 9.53 Å². The molecule has 2 heterocycles. The Hall–Kier alpha value is -2.44.